The summed E-state index contributed by atoms with van der Waals surface area (Å²) in [6.45, 7) is 2.59. The molecule has 2 atom stereocenters. The molecule has 1 fully saturated rings. The van der Waals surface area contributed by atoms with Gasteiger partial charge in [0.25, 0.3) is 0 Å². The number of carbonyl (C=O) groups is 1. The van der Waals surface area contributed by atoms with Crippen molar-refractivity contribution in [2.45, 2.75) is 31.9 Å². The maximum atomic E-state index is 12.0. The van der Waals surface area contributed by atoms with Crippen LogP contribution in [0.4, 0.5) is 0 Å². The Morgan fingerprint density at radius 3 is 2.95 bits per heavy atom. The van der Waals surface area contributed by atoms with Crippen LogP contribution in [0.1, 0.15) is 31.6 Å². The van der Waals surface area contributed by atoms with E-state index in [0.717, 1.165) is 29.9 Å². The number of ether oxygens (including phenoxy) is 1. The number of carbonyl (C=O) groups excluding carboxylic acids is 1. The third-order valence-corrected chi connectivity index (χ3v) is 3.67. The second-order valence-electron chi connectivity index (χ2n) is 5.28. The lowest BCUT2D eigenvalue weighted by atomic mass is 10.2. The second kappa shape index (κ2) is 6.10. The quantitative estimate of drug-likeness (QED) is 0.906. The molecule has 0 spiro atoms. The summed E-state index contributed by atoms with van der Waals surface area (Å²) >= 11 is 0. The molecule has 1 aliphatic heterocycles. The SMILES string of the molecule is CC(NC(=O)C1CCCO1)c1ncc(-c2ccccc2)[nH]1. The molecule has 1 aliphatic rings. The van der Waals surface area contributed by atoms with Gasteiger partial charge in [-0.3, -0.25) is 4.79 Å². The second-order valence-corrected chi connectivity index (χ2v) is 5.28. The standard InChI is InChI=1S/C16H19N3O2/c1-11(18-16(20)14-8-5-9-21-14)15-17-10-13(19-15)12-6-3-2-4-7-12/h2-4,6-7,10-11,14H,5,8-9H2,1H3,(H,17,19)(H,18,20). The van der Waals surface area contributed by atoms with Gasteiger partial charge >= 0.3 is 0 Å². The Morgan fingerprint density at radius 2 is 2.24 bits per heavy atom. The van der Waals surface area contributed by atoms with E-state index in [-0.39, 0.29) is 18.1 Å². The molecule has 0 saturated carbocycles. The average Bonchev–Trinajstić information content (AvgIpc) is 3.20. The van der Waals surface area contributed by atoms with Crippen molar-refractivity contribution in [2.75, 3.05) is 6.61 Å². The zero-order chi connectivity index (χ0) is 14.7. The molecule has 1 aromatic heterocycles. The minimum absolute atomic E-state index is 0.0577. The Labute approximate surface area is 123 Å². The molecule has 0 bridgehead atoms. The molecular formula is C16H19N3O2. The Balaban J connectivity index is 1.66. The van der Waals surface area contributed by atoms with Gasteiger partial charge in [-0.25, -0.2) is 4.98 Å². The number of rotatable bonds is 4. The summed E-state index contributed by atoms with van der Waals surface area (Å²) in [5.74, 6) is 0.692. The molecule has 5 nitrogen and oxygen atoms in total. The van der Waals surface area contributed by atoms with Crippen LogP contribution in [-0.4, -0.2) is 28.6 Å². The average molecular weight is 285 g/mol. The third-order valence-electron chi connectivity index (χ3n) is 3.67. The van der Waals surface area contributed by atoms with E-state index in [2.05, 4.69) is 15.3 Å². The molecule has 1 amide bonds. The lowest BCUT2D eigenvalue weighted by molar-refractivity contribution is -0.130. The monoisotopic (exact) mass is 285 g/mol. The van der Waals surface area contributed by atoms with E-state index in [1.807, 2.05) is 37.3 Å². The van der Waals surface area contributed by atoms with Gasteiger partial charge in [-0.15, -0.1) is 0 Å². The van der Waals surface area contributed by atoms with Crippen molar-refractivity contribution in [2.24, 2.45) is 0 Å². The summed E-state index contributed by atoms with van der Waals surface area (Å²) in [7, 11) is 0. The van der Waals surface area contributed by atoms with E-state index in [1.54, 1.807) is 6.20 Å². The topological polar surface area (TPSA) is 67.0 Å². The molecule has 1 saturated heterocycles. The van der Waals surface area contributed by atoms with E-state index in [4.69, 9.17) is 4.74 Å². The highest BCUT2D eigenvalue weighted by Gasteiger charge is 2.25. The molecular weight excluding hydrogens is 266 g/mol. The van der Waals surface area contributed by atoms with Crippen molar-refractivity contribution in [3.8, 4) is 11.3 Å². The lowest BCUT2D eigenvalue weighted by Gasteiger charge is -2.15. The van der Waals surface area contributed by atoms with E-state index in [1.165, 1.54) is 0 Å². The number of aromatic nitrogens is 2. The van der Waals surface area contributed by atoms with Gasteiger partial charge in [0.2, 0.25) is 5.91 Å². The maximum absolute atomic E-state index is 12.0. The fraction of sp³-hybridized carbons (Fsp3) is 0.375. The van der Waals surface area contributed by atoms with Crippen LogP contribution in [0, 0.1) is 0 Å². The van der Waals surface area contributed by atoms with Crippen LogP contribution >= 0.6 is 0 Å². The zero-order valence-electron chi connectivity index (χ0n) is 12.0. The Hall–Kier alpha value is -2.14. The van der Waals surface area contributed by atoms with Crippen LogP contribution in [0.25, 0.3) is 11.3 Å². The third kappa shape index (κ3) is 3.13. The summed E-state index contributed by atoms with van der Waals surface area (Å²) in [6.07, 6.45) is 3.23. The highest BCUT2D eigenvalue weighted by Crippen LogP contribution is 2.19. The van der Waals surface area contributed by atoms with Crippen LogP contribution < -0.4 is 5.32 Å². The normalized spacial score (nSPS) is 19.4. The van der Waals surface area contributed by atoms with Gasteiger partial charge in [0.1, 0.15) is 11.9 Å². The van der Waals surface area contributed by atoms with Gasteiger partial charge in [0.15, 0.2) is 0 Å². The van der Waals surface area contributed by atoms with Gasteiger partial charge in [0.05, 0.1) is 17.9 Å². The molecule has 0 radical (unpaired) electrons. The summed E-state index contributed by atoms with van der Waals surface area (Å²) in [5, 5.41) is 2.95. The number of benzene rings is 1. The Kier molecular flexibility index (Phi) is 4.01. The molecule has 2 N–H and O–H groups in total. The largest absolute Gasteiger partial charge is 0.368 e. The number of nitrogens with one attached hydrogen (secondary N) is 2. The first-order chi connectivity index (χ1) is 10.2. The predicted octanol–water partition coefficient (Wildman–Crippen LogP) is 2.43. The minimum Gasteiger partial charge on any atom is -0.368 e. The predicted molar refractivity (Wildman–Crippen MR) is 79.6 cm³/mol. The fourth-order valence-electron chi connectivity index (χ4n) is 2.48. The van der Waals surface area contributed by atoms with Crippen molar-refractivity contribution in [3.05, 3.63) is 42.4 Å². The smallest absolute Gasteiger partial charge is 0.249 e. The van der Waals surface area contributed by atoms with Crippen LogP contribution in [-0.2, 0) is 9.53 Å². The van der Waals surface area contributed by atoms with Gasteiger partial charge in [0, 0.05) is 6.61 Å². The fourth-order valence-corrected chi connectivity index (χ4v) is 2.48. The highest BCUT2D eigenvalue weighted by atomic mass is 16.5. The van der Waals surface area contributed by atoms with Crippen molar-refractivity contribution >= 4 is 5.91 Å². The molecule has 2 aromatic rings. The van der Waals surface area contributed by atoms with Crippen LogP contribution in [0.5, 0.6) is 0 Å². The summed E-state index contributed by atoms with van der Waals surface area (Å²) in [4.78, 5) is 19.6. The van der Waals surface area contributed by atoms with Gasteiger partial charge < -0.3 is 15.0 Å². The van der Waals surface area contributed by atoms with Crippen molar-refractivity contribution < 1.29 is 9.53 Å². The lowest BCUT2D eigenvalue weighted by Crippen LogP contribution is -2.36. The van der Waals surface area contributed by atoms with E-state index < -0.39 is 0 Å². The Morgan fingerprint density at radius 1 is 1.43 bits per heavy atom. The molecule has 110 valence electrons. The molecule has 2 heterocycles. The summed E-state index contributed by atoms with van der Waals surface area (Å²) in [6, 6.07) is 9.82. The van der Waals surface area contributed by atoms with Gasteiger partial charge in [-0.05, 0) is 25.3 Å². The van der Waals surface area contributed by atoms with Crippen LogP contribution in [0.3, 0.4) is 0 Å². The summed E-state index contributed by atoms with van der Waals surface area (Å²) < 4.78 is 5.38. The van der Waals surface area contributed by atoms with Crippen molar-refractivity contribution in [1.29, 1.82) is 0 Å². The van der Waals surface area contributed by atoms with Crippen LogP contribution in [0.15, 0.2) is 36.5 Å². The van der Waals surface area contributed by atoms with Crippen molar-refractivity contribution in [3.63, 3.8) is 0 Å². The zero-order valence-corrected chi connectivity index (χ0v) is 12.0. The number of nitrogens with zero attached hydrogens (tertiary/aromatic N) is 1. The van der Waals surface area contributed by atoms with E-state index in [0.29, 0.717) is 6.61 Å². The summed E-state index contributed by atoms with van der Waals surface area (Å²) in [5.41, 5.74) is 2.03. The maximum Gasteiger partial charge on any atom is 0.249 e. The first kappa shape index (κ1) is 13.8. The first-order valence-corrected chi connectivity index (χ1v) is 7.26. The van der Waals surface area contributed by atoms with Crippen LogP contribution in [0.2, 0.25) is 0 Å². The number of amides is 1. The minimum atomic E-state index is -0.309. The number of hydrogen-bond acceptors (Lipinski definition) is 3. The molecule has 21 heavy (non-hydrogen) atoms. The molecule has 3 rings (SSSR count). The molecule has 2 unspecified atom stereocenters. The Bertz CT molecular complexity index is 603. The number of H-pyrrole nitrogens is 1. The van der Waals surface area contributed by atoms with E-state index in [9.17, 15) is 4.79 Å². The van der Waals surface area contributed by atoms with Crippen molar-refractivity contribution in [1.82, 2.24) is 15.3 Å². The van der Waals surface area contributed by atoms with Gasteiger partial charge in [-0.1, -0.05) is 30.3 Å². The number of hydrogen-bond donors (Lipinski definition) is 2. The first-order valence-electron chi connectivity index (χ1n) is 7.26. The van der Waals surface area contributed by atoms with E-state index >= 15 is 0 Å². The highest BCUT2D eigenvalue weighted by molar-refractivity contribution is 5.81. The van der Waals surface area contributed by atoms with Gasteiger partial charge in [-0.2, -0.15) is 0 Å². The number of aromatic amines is 1. The molecule has 1 aromatic carbocycles. The molecule has 5 heteroatoms. The number of imidazole rings is 1. The molecule has 0 aliphatic carbocycles.